The molecule has 2 aromatic carbocycles. The monoisotopic (exact) mass is 417 g/mol. The Kier molecular flexibility index (Phi) is 5.58. The minimum absolute atomic E-state index is 0.144. The summed E-state index contributed by atoms with van der Waals surface area (Å²) in [4.78, 5) is 14.9. The second-order valence-corrected chi connectivity index (χ2v) is 7.40. The van der Waals surface area contributed by atoms with Gasteiger partial charge in [0.1, 0.15) is 5.75 Å². The number of ether oxygens (including phenoxy) is 1. The molecule has 158 valence electrons. The lowest BCUT2D eigenvalue weighted by Crippen LogP contribution is -2.34. The van der Waals surface area contributed by atoms with Gasteiger partial charge >= 0.3 is 0 Å². The molecule has 0 aliphatic heterocycles. The lowest BCUT2D eigenvalue weighted by molar-refractivity contribution is -0.904. The third-order valence-corrected chi connectivity index (χ3v) is 5.46. The van der Waals surface area contributed by atoms with Crippen molar-refractivity contribution < 1.29 is 19.5 Å². The van der Waals surface area contributed by atoms with Crippen molar-refractivity contribution >= 4 is 16.8 Å². The molecule has 0 unspecified atom stereocenters. The van der Waals surface area contributed by atoms with E-state index in [-0.39, 0.29) is 11.9 Å². The molecule has 1 amide bonds. The molecule has 2 aromatic heterocycles. The van der Waals surface area contributed by atoms with Crippen molar-refractivity contribution in [2.45, 2.75) is 19.9 Å². The summed E-state index contributed by atoms with van der Waals surface area (Å²) in [5, 5.41) is 17.8. The third kappa shape index (κ3) is 3.94. The van der Waals surface area contributed by atoms with Gasteiger partial charge in [0.05, 0.1) is 35.3 Å². The van der Waals surface area contributed by atoms with Gasteiger partial charge in [-0.25, -0.2) is 0 Å². The second kappa shape index (κ2) is 8.47. The van der Waals surface area contributed by atoms with Crippen LogP contribution in [-0.4, -0.2) is 39.9 Å². The molecule has 0 saturated heterocycles. The summed E-state index contributed by atoms with van der Waals surface area (Å²) in [6, 6.07) is 15.2. The fraction of sp³-hybridized carbons (Fsp3) is 0.208. The molecular weight excluding hydrogens is 392 g/mol. The zero-order valence-corrected chi connectivity index (χ0v) is 17.7. The van der Waals surface area contributed by atoms with Crippen molar-refractivity contribution in [3.05, 3.63) is 78.2 Å². The average molecular weight is 417 g/mol. The Morgan fingerprint density at radius 3 is 2.74 bits per heavy atom. The number of rotatable bonds is 6. The molecule has 2 heterocycles. The van der Waals surface area contributed by atoms with E-state index in [0.717, 1.165) is 32.3 Å². The van der Waals surface area contributed by atoms with Gasteiger partial charge in [0.15, 0.2) is 0 Å². The Balaban J connectivity index is 1.67. The maximum Gasteiger partial charge on any atom is 0.254 e. The first-order chi connectivity index (χ1) is 15.0. The number of aromatic nitrogens is 3. The van der Waals surface area contributed by atoms with E-state index in [0.29, 0.717) is 17.9 Å². The van der Waals surface area contributed by atoms with Gasteiger partial charge in [-0.05, 0) is 37.6 Å². The predicted octanol–water partition coefficient (Wildman–Crippen LogP) is 3.99. The van der Waals surface area contributed by atoms with Crippen molar-refractivity contribution in [2.24, 2.45) is 0 Å². The lowest BCUT2D eigenvalue weighted by Gasteiger charge is -2.25. The number of nitrogens with one attached hydrogen (secondary N) is 1. The van der Waals surface area contributed by atoms with Crippen molar-refractivity contribution in [3.8, 4) is 16.9 Å². The Labute approximate surface area is 180 Å². The Hall–Kier alpha value is -3.87. The zero-order chi connectivity index (χ0) is 22.0. The van der Waals surface area contributed by atoms with Gasteiger partial charge in [-0.2, -0.15) is 5.10 Å². The normalized spacial score (nSPS) is 12.0. The standard InChI is InChI=1S/C24H24N4O3/c1-4-31-22-12-18(10-11-20(22)17-8-6-5-7-9-17)24(29)27(3)16(2)21-15-28(30)14-19-13-25-26-23(19)21/h5-16,30H,4H2,1-3H3/p+1/t16-/m1/s1. The Morgan fingerprint density at radius 1 is 1.23 bits per heavy atom. The number of aromatic amines is 1. The molecule has 0 aliphatic carbocycles. The average Bonchev–Trinajstić information content (AvgIpc) is 3.26. The number of amides is 1. The van der Waals surface area contributed by atoms with Crippen LogP contribution in [0.15, 0.2) is 67.1 Å². The van der Waals surface area contributed by atoms with E-state index in [9.17, 15) is 10.0 Å². The highest BCUT2D eigenvalue weighted by atomic mass is 16.5. The summed E-state index contributed by atoms with van der Waals surface area (Å²) in [5.41, 5.74) is 4.06. The van der Waals surface area contributed by atoms with Crippen LogP contribution in [0.3, 0.4) is 0 Å². The molecule has 4 aromatic rings. The smallest absolute Gasteiger partial charge is 0.254 e. The second-order valence-electron chi connectivity index (χ2n) is 7.40. The Bertz CT molecular complexity index is 1220. The fourth-order valence-corrected chi connectivity index (χ4v) is 3.70. The zero-order valence-electron chi connectivity index (χ0n) is 17.7. The summed E-state index contributed by atoms with van der Waals surface area (Å²) in [6.45, 7) is 4.34. The topological polar surface area (TPSA) is 82.3 Å². The van der Waals surface area contributed by atoms with Crippen LogP contribution in [-0.2, 0) is 0 Å². The highest BCUT2D eigenvalue weighted by Crippen LogP contribution is 2.32. The summed E-state index contributed by atoms with van der Waals surface area (Å²) >= 11 is 0. The molecule has 31 heavy (non-hydrogen) atoms. The SMILES string of the molecule is CCOc1cc(C(=O)N(C)[C@H](C)c2c[n+](O)cc3cn[nH]c23)ccc1-c1ccccc1. The first-order valence-corrected chi connectivity index (χ1v) is 10.2. The number of nitrogens with zero attached hydrogens (tertiary/aromatic N) is 3. The highest BCUT2D eigenvalue weighted by Gasteiger charge is 2.25. The number of carbonyl (C=O) groups is 1. The first-order valence-electron chi connectivity index (χ1n) is 10.2. The number of carbonyl (C=O) groups excluding carboxylic acids is 1. The van der Waals surface area contributed by atoms with Crippen LogP contribution in [0.5, 0.6) is 5.75 Å². The fourth-order valence-electron chi connectivity index (χ4n) is 3.70. The minimum atomic E-state index is -0.306. The summed E-state index contributed by atoms with van der Waals surface area (Å²) in [7, 11) is 1.75. The molecule has 2 N–H and O–H groups in total. The molecular formula is C24H25N4O3+. The van der Waals surface area contributed by atoms with Gasteiger partial charge in [-0.1, -0.05) is 30.3 Å². The van der Waals surface area contributed by atoms with Crippen LogP contribution in [0.25, 0.3) is 22.0 Å². The molecule has 0 spiro atoms. The molecule has 7 nitrogen and oxygen atoms in total. The van der Waals surface area contributed by atoms with Crippen LogP contribution >= 0.6 is 0 Å². The van der Waals surface area contributed by atoms with Gasteiger partial charge in [0, 0.05) is 22.9 Å². The first kappa shape index (κ1) is 20.4. The maximum atomic E-state index is 13.3. The Morgan fingerprint density at radius 2 is 2.00 bits per heavy atom. The van der Waals surface area contributed by atoms with E-state index in [4.69, 9.17) is 4.74 Å². The van der Waals surface area contributed by atoms with Crippen molar-refractivity contribution in [1.29, 1.82) is 0 Å². The largest absolute Gasteiger partial charge is 0.493 e. The molecule has 0 radical (unpaired) electrons. The van der Waals surface area contributed by atoms with E-state index in [1.165, 1.54) is 0 Å². The van der Waals surface area contributed by atoms with Crippen molar-refractivity contribution in [2.75, 3.05) is 13.7 Å². The van der Waals surface area contributed by atoms with Gasteiger partial charge in [0.2, 0.25) is 12.4 Å². The maximum absolute atomic E-state index is 13.3. The van der Waals surface area contributed by atoms with E-state index >= 15 is 0 Å². The van der Waals surface area contributed by atoms with Gasteiger partial charge in [0.25, 0.3) is 5.91 Å². The summed E-state index contributed by atoms with van der Waals surface area (Å²) < 4.78 is 6.84. The van der Waals surface area contributed by atoms with Gasteiger partial charge in [-0.15, -0.1) is 0 Å². The van der Waals surface area contributed by atoms with Gasteiger partial charge < -0.3 is 9.64 Å². The van der Waals surface area contributed by atoms with E-state index in [2.05, 4.69) is 10.2 Å². The highest BCUT2D eigenvalue weighted by molar-refractivity contribution is 5.96. The minimum Gasteiger partial charge on any atom is -0.493 e. The van der Waals surface area contributed by atoms with Crippen molar-refractivity contribution in [3.63, 3.8) is 0 Å². The number of pyridine rings is 1. The van der Waals surface area contributed by atoms with E-state index < -0.39 is 0 Å². The molecule has 1 atom stereocenters. The number of fused-ring (bicyclic) bond motifs is 1. The molecule has 0 aliphatic rings. The predicted molar refractivity (Wildman–Crippen MR) is 117 cm³/mol. The number of hydrogen-bond acceptors (Lipinski definition) is 4. The molecule has 4 rings (SSSR count). The van der Waals surface area contributed by atoms with Crippen LogP contribution in [0.1, 0.15) is 35.8 Å². The molecule has 0 bridgehead atoms. The van der Waals surface area contributed by atoms with E-state index in [1.807, 2.05) is 56.3 Å². The number of H-pyrrole nitrogens is 1. The van der Waals surface area contributed by atoms with Crippen LogP contribution < -0.4 is 9.47 Å². The number of benzene rings is 2. The molecule has 7 heteroatoms. The lowest BCUT2D eigenvalue weighted by atomic mass is 10.0. The van der Waals surface area contributed by atoms with E-state index in [1.54, 1.807) is 36.6 Å². The molecule has 0 saturated carbocycles. The van der Waals surface area contributed by atoms with Crippen LogP contribution in [0.2, 0.25) is 0 Å². The number of hydrogen-bond donors (Lipinski definition) is 2. The van der Waals surface area contributed by atoms with Crippen molar-refractivity contribution in [1.82, 2.24) is 15.1 Å². The van der Waals surface area contributed by atoms with Gasteiger partial charge in [-0.3, -0.25) is 15.1 Å². The van der Waals surface area contributed by atoms with Crippen LogP contribution in [0.4, 0.5) is 0 Å². The summed E-state index contributed by atoms with van der Waals surface area (Å²) in [5.74, 6) is 0.526. The molecule has 0 fully saturated rings. The summed E-state index contributed by atoms with van der Waals surface area (Å²) in [6.07, 6.45) is 4.78. The third-order valence-electron chi connectivity index (χ3n) is 5.46. The van der Waals surface area contributed by atoms with Crippen LogP contribution in [0, 0.1) is 0 Å². The quantitative estimate of drug-likeness (QED) is 0.367.